The van der Waals surface area contributed by atoms with E-state index in [4.69, 9.17) is 7.85 Å². The molecule has 1 amide bonds. The predicted molar refractivity (Wildman–Crippen MR) is 29.0 cm³/mol. The van der Waals surface area contributed by atoms with Gasteiger partial charge in [0.25, 0.3) is 0 Å². The van der Waals surface area contributed by atoms with Crippen molar-refractivity contribution < 1.29 is 4.79 Å². The third-order valence-electron chi connectivity index (χ3n) is 0.519. The number of carbonyl (C=O) groups is 1. The van der Waals surface area contributed by atoms with Crippen LogP contribution in [0.4, 0.5) is 0 Å². The minimum Gasteiger partial charge on any atom is -0.356 e. The Hall–Kier alpha value is -0.725. The van der Waals surface area contributed by atoms with Gasteiger partial charge in [0.2, 0.25) is 5.91 Å². The summed E-state index contributed by atoms with van der Waals surface area (Å²) in [5.74, 6) is -0.319. The number of amides is 1. The summed E-state index contributed by atoms with van der Waals surface area (Å²) < 4.78 is 0. The Labute approximate surface area is 44.0 Å². The van der Waals surface area contributed by atoms with Crippen molar-refractivity contribution in [1.82, 2.24) is 5.32 Å². The van der Waals surface area contributed by atoms with Crippen molar-refractivity contribution in [3.63, 3.8) is 0 Å². The van der Waals surface area contributed by atoms with Gasteiger partial charge < -0.3 is 5.32 Å². The first-order valence-electron chi connectivity index (χ1n) is 1.85. The highest BCUT2D eigenvalue weighted by molar-refractivity contribution is 6.35. The van der Waals surface area contributed by atoms with E-state index in [1.54, 1.807) is 0 Å². The molecule has 0 spiro atoms. The molecule has 2 nitrogen and oxygen atoms in total. The van der Waals surface area contributed by atoms with Crippen LogP contribution in [-0.4, -0.2) is 20.8 Å². The molecular weight excluding hydrogens is 88.9 g/mol. The second-order valence-corrected chi connectivity index (χ2v) is 1.10. The van der Waals surface area contributed by atoms with Crippen molar-refractivity contribution in [3.05, 3.63) is 12.1 Å². The Balaban J connectivity index is 3.58. The summed E-state index contributed by atoms with van der Waals surface area (Å²) in [7, 11) is 6.44. The first kappa shape index (κ1) is 6.27. The topological polar surface area (TPSA) is 29.1 Å². The Bertz CT molecular complexity index is 99.9. The smallest absolute Gasteiger partial charge is 0.235 e. The van der Waals surface area contributed by atoms with Gasteiger partial charge in [-0.1, -0.05) is 0 Å². The Morgan fingerprint density at radius 1 is 1.86 bits per heavy atom. The van der Waals surface area contributed by atoms with Gasteiger partial charge in [-0.15, -0.1) is 6.58 Å². The van der Waals surface area contributed by atoms with Crippen LogP contribution in [0.5, 0.6) is 0 Å². The van der Waals surface area contributed by atoms with Gasteiger partial charge in [0.15, 0.2) is 0 Å². The molecule has 0 heterocycles. The lowest BCUT2D eigenvalue weighted by Gasteiger charge is -1.92. The fourth-order valence-corrected chi connectivity index (χ4v) is 0.161. The summed E-state index contributed by atoms with van der Waals surface area (Å²) >= 11 is 0. The van der Waals surface area contributed by atoms with Gasteiger partial charge in [0, 0.05) is 7.05 Å². The zero-order chi connectivity index (χ0) is 5.86. The number of rotatable bonds is 1. The third-order valence-corrected chi connectivity index (χ3v) is 0.519. The van der Waals surface area contributed by atoms with Gasteiger partial charge in [0.05, 0.1) is 0 Å². The van der Waals surface area contributed by atoms with Gasteiger partial charge in [0.1, 0.15) is 7.85 Å². The molecule has 0 aromatic carbocycles. The van der Waals surface area contributed by atoms with Crippen LogP contribution in [0.2, 0.25) is 0 Å². The summed E-state index contributed by atoms with van der Waals surface area (Å²) in [6.45, 7) is 3.19. The largest absolute Gasteiger partial charge is 0.356 e. The predicted octanol–water partition coefficient (Wildman–Crippen LogP) is -0.585. The van der Waals surface area contributed by atoms with E-state index in [9.17, 15) is 4.79 Å². The molecule has 0 aromatic heterocycles. The number of hydrogen-bond donors (Lipinski definition) is 1. The number of hydrogen-bond acceptors (Lipinski definition) is 1. The molecule has 0 atom stereocenters. The SMILES string of the molecule is [B]C(=C)C(=O)NC. The van der Waals surface area contributed by atoms with Crippen LogP contribution >= 0.6 is 0 Å². The van der Waals surface area contributed by atoms with Gasteiger partial charge in [-0.25, -0.2) is 0 Å². The van der Waals surface area contributed by atoms with Crippen LogP contribution < -0.4 is 5.32 Å². The molecule has 0 aliphatic heterocycles. The van der Waals surface area contributed by atoms with E-state index in [1.807, 2.05) is 0 Å². The standard InChI is InChI=1S/C4H6BNO/c1-3(5)4(7)6-2/h1H2,2H3,(H,6,7). The highest BCUT2D eigenvalue weighted by Gasteiger charge is 1.91. The first-order chi connectivity index (χ1) is 3.18. The highest BCUT2D eigenvalue weighted by Crippen LogP contribution is 1.75. The van der Waals surface area contributed by atoms with Crippen molar-refractivity contribution in [3.8, 4) is 0 Å². The monoisotopic (exact) mass is 95.1 g/mol. The molecule has 0 aromatic rings. The van der Waals surface area contributed by atoms with E-state index in [2.05, 4.69) is 11.9 Å². The first-order valence-corrected chi connectivity index (χ1v) is 1.85. The molecule has 36 valence electrons. The van der Waals surface area contributed by atoms with E-state index < -0.39 is 0 Å². The molecule has 7 heavy (non-hydrogen) atoms. The lowest BCUT2D eigenvalue weighted by molar-refractivity contribution is -0.116. The average Bonchev–Trinajstić information content (AvgIpc) is 1.65. The lowest BCUT2D eigenvalue weighted by Crippen LogP contribution is -2.19. The number of nitrogens with one attached hydrogen (secondary N) is 1. The van der Waals surface area contributed by atoms with E-state index in [0.29, 0.717) is 0 Å². The lowest BCUT2D eigenvalue weighted by atomic mass is 9.97. The molecule has 2 radical (unpaired) electrons. The summed E-state index contributed by atoms with van der Waals surface area (Å²) in [6, 6.07) is 0. The molecule has 0 unspecified atom stereocenters. The van der Waals surface area contributed by atoms with Crippen LogP contribution in [-0.2, 0) is 4.79 Å². The van der Waals surface area contributed by atoms with Crippen LogP contribution in [0.25, 0.3) is 0 Å². The molecule has 3 heteroatoms. The molecule has 0 aliphatic rings. The number of likely N-dealkylation sites (N-methyl/N-ethyl adjacent to an activating group) is 1. The summed E-state index contributed by atoms with van der Waals surface area (Å²) in [5.41, 5.74) is 0.0440. The van der Waals surface area contributed by atoms with E-state index in [1.165, 1.54) is 7.05 Å². The molecule has 0 saturated heterocycles. The average molecular weight is 94.9 g/mol. The quantitative estimate of drug-likeness (QED) is 0.342. The molecule has 1 N–H and O–H groups in total. The molecule has 0 fully saturated rings. The van der Waals surface area contributed by atoms with Gasteiger partial charge in [-0.05, 0) is 5.47 Å². The Kier molecular flexibility index (Phi) is 2.19. The van der Waals surface area contributed by atoms with Gasteiger partial charge in [-0.2, -0.15) is 0 Å². The third kappa shape index (κ3) is 2.03. The van der Waals surface area contributed by atoms with Crippen molar-refractivity contribution in [2.45, 2.75) is 0 Å². The maximum absolute atomic E-state index is 10.2. The van der Waals surface area contributed by atoms with Crippen molar-refractivity contribution in [1.29, 1.82) is 0 Å². The Morgan fingerprint density at radius 3 is 2.29 bits per heavy atom. The zero-order valence-electron chi connectivity index (χ0n) is 4.19. The maximum Gasteiger partial charge on any atom is 0.235 e. The van der Waals surface area contributed by atoms with E-state index in [0.717, 1.165) is 0 Å². The zero-order valence-corrected chi connectivity index (χ0v) is 4.19. The fourth-order valence-electron chi connectivity index (χ4n) is 0.161. The molecule has 0 bridgehead atoms. The van der Waals surface area contributed by atoms with Crippen LogP contribution in [0, 0.1) is 0 Å². The highest BCUT2D eigenvalue weighted by atomic mass is 16.1. The van der Waals surface area contributed by atoms with Crippen LogP contribution in [0.15, 0.2) is 12.1 Å². The van der Waals surface area contributed by atoms with E-state index in [-0.39, 0.29) is 11.4 Å². The Morgan fingerprint density at radius 2 is 2.29 bits per heavy atom. The summed E-state index contributed by atoms with van der Waals surface area (Å²) in [5, 5.41) is 2.30. The second kappa shape index (κ2) is 2.45. The van der Waals surface area contributed by atoms with Crippen LogP contribution in [0.1, 0.15) is 0 Å². The van der Waals surface area contributed by atoms with Gasteiger partial charge >= 0.3 is 0 Å². The summed E-state index contributed by atoms with van der Waals surface area (Å²) in [6.07, 6.45) is 0. The minimum absolute atomic E-state index is 0.0440. The summed E-state index contributed by atoms with van der Waals surface area (Å²) in [4.78, 5) is 10.2. The van der Waals surface area contributed by atoms with Crippen molar-refractivity contribution >= 4 is 13.8 Å². The van der Waals surface area contributed by atoms with Gasteiger partial charge in [-0.3, -0.25) is 4.79 Å². The second-order valence-electron chi connectivity index (χ2n) is 1.10. The molecular formula is C4H6BNO. The molecule has 0 aliphatic carbocycles. The van der Waals surface area contributed by atoms with E-state index >= 15 is 0 Å². The normalized spacial score (nSPS) is 7.57. The van der Waals surface area contributed by atoms with Crippen molar-refractivity contribution in [2.24, 2.45) is 0 Å². The fraction of sp³-hybridized carbons (Fsp3) is 0.250. The number of carbonyl (C=O) groups excluding carboxylic acids is 1. The maximum atomic E-state index is 10.2. The van der Waals surface area contributed by atoms with Crippen molar-refractivity contribution in [2.75, 3.05) is 7.05 Å². The van der Waals surface area contributed by atoms with Crippen LogP contribution in [0.3, 0.4) is 0 Å². The molecule has 0 saturated carbocycles. The molecule has 0 rings (SSSR count). The minimum atomic E-state index is -0.319.